The Labute approximate surface area is 347 Å². The van der Waals surface area contributed by atoms with Gasteiger partial charge in [0.15, 0.2) is 0 Å². The second kappa shape index (κ2) is 12.7. The van der Waals surface area contributed by atoms with Crippen LogP contribution in [0.3, 0.4) is 0 Å². The van der Waals surface area contributed by atoms with Crippen LogP contribution in [-0.2, 0) is 5.41 Å². The largest absolute Gasteiger partial charge is 0.0622 e. The van der Waals surface area contributed by atoms with Gasteiger partial charge in [-0.05, 0) is 126 Å². The lowest BCUT2D eigenvalue weighted by Crippen LogP contribution is -2.50. The van der Waals surface area contributed by atoms with Crippen LogP contribution in [0.15, 0.2) is 182 Å². The third-order valence-corrected chi connectivity index (χ3v) is 13.7. The SMILES string of the molecule is CC(C)(C)C1(C(C)(C)C)c2c(ccc3cc(-c4ccc(-c5c6ccccc6c(-c6ccccc6)c6ccccc56)cc4)ccc23)-c2c1c1ccccc1c1ccccc21. The highest BCUT2D eigenvalue weighted by atomic mass is 14.6. The van der Waals surface area contributed by atoms with Crippen molar-refractivity contribution in [3.05, 3.63) is 193 Å². The number of hydrogen-bond donors (Lipinski definition) is 0. The number of fused-ring (bicyclic) bond motifs is 12. The van der Waals surface area contributed by atoms with Crippen LogP contribution in [0.25, 0.3) is 98.4 Å². The summed E-state index contributed by atoms with van der Waals surface area (Å²) < 4.78 is 0. The molecule has 0 saturated heterocycles. The van der Waals surface area contributed by atoms with Crippen molar-refractivity contribution in [3.8, 4) is 44.5 Å². The summed E-state index contributed by atoms with van der Waals surface area (Å²) in [6, 6.07) is 68.2. The third kappa shape index (κ3) is 4.96. The zero-order chi connectivity index (χ0) is 40.3. The molecule has 0 unspecified atom stereocenters. The van der Waals surface area contributed by atoms with E-state index in [1.165, 1.54) is 109 Å². The predicted octanol–water partition coefficient (Wildman–Crippen LogP) is 16.8. The topological polar surface area (TPSA) is 0 Å². The van der Waals surface area contributed by atoms with Gasteiger partial charge in [0.1, 0.15) is 0 Å². The van der Waals surface area contributed by atoms with E-state index in [-0.39, 0.29) is 16.2 Å². The molecule has 284 valence electrons. The average Bonchev–Trinajstić information content (AvgIpc) is 3.60. The molecule has 0 radical (unpaired) electrons. The summed E-state index contributed by atoms with van der Waals surface area (Å²) in [5, 5.41) is 13.2. The maximum Gasteiger partial charge on any atom is 0.0324 e. The summed E-state index contributed by atoms with van der Waals surface area (Å²) in [6.45, 7) is 14.8. The Morgan fingerprint density at radius 1 is 0.288 bits per heavy atom. The van der Waals surface area contributed by atoms with Crippen molar-refractivity contribution in [3.63, 3.8) is 0 Å². The fourth-order valence-electron chi connectivity index (χ4n) is 11.9. The number of benzene rings is 10. The van der Waals surface area contributed by atoms with Gasteiger partial charge in [-0.3, -0.25) is 0 Å². The first-order chi connectivity index (χ1) is 28.6. The van der Waals surface area contributed by atoms with Gasteiger partial charge in [0.25, 0.3) is 0 Å². The molecule has 0 heterocycles. The van der Waals surface area contributed by atoms with Crippen molar-refractivity contribution >= 4 is 53.9 Å². The van der Waals surface area contributed by atoms with Crippen molar-refractivity contribution in [2.45, 2.75) is 47.0 Å². The molecule has 11 rings (SSSR count). The standard InChI is InChI=1S/C59H48/c1-57(2,3)59(58(4,5)6)55-42-34-32-40(36-41(42)33-35-51(55)54-45-22-12-10-20-43(45)44-21-11-17-27-50(44)56(54)59)37-28-30-39(31-29-37)53-48-25-15-13-23-46(48)52(38-18-8-7-9-19-38)47-24-14-16-26-49(47)53/h7-36H,1-6H3. The molecule has 0 fully saturated rings. The Kier molecular flexibility index (Phi) is 7.70. The quantitative estimate of drug-likeness (QED) is 0.124. The van der Waals surface area contributed by atoms with E-state index in [2.05, 4.69) is 224 Å². The average molecular weight is 757 g/mol. The first kappa shape index (κ1) is 35.6. The lowest BCUT2D eigenvalue weighted by atomic mass is 9.49. The van der Waals surface area contributed by atoms with Gasteiger partial charge in [0, 0.05) is 5.41 Å². The smallest absolute Gasteiger partial charge is 0.0324 e. The highest BCUT2D eigenvalue weighted by Crippen LogP contribution is 2.68. The predicted molar refractivity (Wildman–Crippen MR) is 255 cm³/mol. The molecule has 59 heavy (non-hydrogen) atoms. The Morgan fingerprint density at radius 2 is 0.695 bits per heavy atom. The minimum absolute atomic E-state index is 0.0904. The monoisotopic (exact) mass is 756 g/mol. The van der Waals surface area contributed by atoms with Crippen LogP contribution in [0, 0.1) is 10.8 Å². The van der Waals surface area contributed by atoms with E-state index in [0.717, 1.165) is 0 Å². The summed E-state index contributed by atoms with van der Waals surface area (Å²) in [6.07, 6.45) is 0. The Bertz CT molecular complexity index is 3240. The van der Waals surface area contributed by atoms with Crippen LogP contribution in [0.1, 0.15) is 52.7 Å². The zero-order valence-electron chi connectivity index (χ0n) is 34.8. The molecule has 0 amide bonds. The molecule has 0 heteroatoms. The van der Waals surface area contributed by atoms with E-state index >= 15 is 0 Å². The summed E-state index contributed by atoms with van der Waals surface area (Å²) >= 11 is 0. The number of hydrogen-bond acceptors (Lipinski definition) is 0. The van der Waals surface area contributed by atoms with Crippen molar-refractivity contribution in [2.75, 3.05) is 0 Å². The van der Waals surface area contributed by atoms with Crippen LogP contribution in [0.5, 0.6) is 0 Å². The summed E-state index contributed by atoms with van der Waals surface area (Å²) in [5.74, 6) is 0. The normalized spacial score (nSPS) is 13.7. The maximum atomic E-state index is 2.47. The summed E-state index contributed by atoms with van der Waals surface area (Å²) in [5.41, 5.74) is 12.9. The summed E-state index contributed by atoms with van der Waals surface area (Å²) in [4.78, 5) is 0. The first-order valence-corrected chi connectivity index (χ1v) is 21.2. The molecule has 0 spiro atoms. The molecule has 0 N–H and O–H groups in total. The van der Waals surface area contributed by atoms with E-state index in [1.807, 2.05) is 0 Å². The van der Waals surface area contributed by atoms with Crippen molar-refractivity contribution in [1.29, 1.82) is 0 Å². The van der Waals surface area contributed by atoms with Crippen molar-refractivity contribution in [1.82, 2.24) is 0 Å². The van der Waals surface area contributed by atoms with Gasteiger partial charge in [-0.2, -0.15) is 0 Å². The molecule has 0 saturated carbocycles. The van der Waals surface area contributed by atoms with Gasteiger partial charge in [-0.25, -0.2) is 0 Å². The Balaban J connectivity index is 1.10. The van der Waals surface area contributed by atoms with Gasteiger partial charge in [0.05, 0.1) is 0 Å². The maximum absolute atomic E-state index is 2.47. The molecule has 1 aliphatic rings. The summed E-state index contributed by atoms with van der Waals surface area (Å²) in [7, 11) is 0. The molecule has 0 aromatic heterocycles. The van der Waals surface area contributed by atoms with Crippen molar-refractivity contribution in [2.24, 2.45) is 10.8 Å². The van der Waals surface area contributed by atoms with Gasteiger partial charge in [0.2, 0.25) is 0 Å². The molecule has 0 atom stereocenters. The highest BCUT2D eigenvalue weighted by Gasteiger charge is 2.59. The minimum atomic E-state index is -0.265. The lowest BCUT2D eigenvalue weighted by molar-refractivity contribution is 0.0977. The zero-order valence-corrected chi connectivity index (χ0v) is 34.8. The second-order valence-electron chi connectivity index (χ2n) is 18.8. The number of rotatable bonds is 3. The van der Waals surface area contributed by atoms with Crippen molar-refractivity contribution < 1.29 is 0 Å². The van der Waals surface area contributed by atoms with E-state index in [0.29, 0.717) is 0 Å². The fraction of sp³-hybridized carbons (Fsp3) is 0.153. The molecule has 0 bridgehead atoms. The van der Waals surface area contributed by atoms with Crippen LogP contribution < -0.4 is 0 Å². The van der Waals surface area contributed by atoms with Crippen LogP contribution in [0.2, 0.25) is 0 Å². The molecular weight excluding hydrogens is 709 g/mol. The molecular formula is C59H48. The van der Waals surface area contributed by atoms with E-state index in [1.54, 1.807) is 0 Å². The van der Waals surface area contributed by atoms with Crippen LogP contribution in [0.4, 0.5) is 0 Å². The molecule has 0 aliphatic heterocycles. The molecule has 10 aromatic rings. The van der Waals surface area contributed by atoms with Gasteiger partial charge in [-0.15, -0.1) is 0 Å². The molecule has 10 aromatic carbocycles. The molecule has 1 aliphatic carbocycles. The van der Waals surface area contributed by atoms with E-state index in [9.17, 15) is 0 Å². The van der Waals surface area contributed by atoms with E-state index < -0.39 is 0 Å². The lowest BCUT2D eigenvalue weighted by Gasteiger charge is -2.54. The third-order valence-electron chi connectivity index (χ3n) is 13.7. The fourth-order valence-corrected chi connectivity index (χ4v) is 11.9. The Hall–Kier alpha value is -6.50. The van der Waals surface area contributed by atoms with Gasteiger partial charge < -0.3 is 0 Å². The Morgan fingerprint density at radius 3 is 1.22 bits per heavy atom. The van der Waals surface area contributed by atoms with Gasteiger partial charge in [-0.1, -0.05) is 217 Å². The van der Waals surface area contributed by atoms with Crippen LogP contribution >= 0.6 is 0 Å². The van der Waals surface area contributed by atoms with E-state index in [4.69, 9.17) is 0 Å². The highest BCUT2D eigenvalue weighted by molar-refractivity contribution is 6.22. The first-order valence-electron chi connectivity index (χ1n) is 21.2. The molecule has 0 nitrogen and oxygen atoms in total. The van der Waals surface area contributed by atoms with Crippen LogP contribution in [-0.4, -0.2) is 0 Å². The van der Waals surface area contributed by atoms with Gasteiger partial charge >= 0.3 is 0 Å². The second-order valence-corrected chi connectivity index (χ2v) is 18.8. The minimum Gasteiger partial charge on any atom is -0.0622 e.